The van der Waals surface area contributed by atoms with Crippen LogP contribution in [0.5, 0.6) is 11.5 Å². The van der Waals surface area contributed by atoms with E-state index in [1.165, 1.54) is 120 Å². The second-order valence-corrected chi connectivity index (χ2v) is 14.9. The summed E-state index contributed by atoms with van der Waals surface area (Å²) in [6.07, 6.45) is 18.4. The van der Waals surface area contributed by atoms with Crippen molar-refractivity contribution in [2.24, 2.45) is 5.92 Å². The first kappa shape index (κ1) is 47.0. The highest BCUT2D eigenvalue weighted by Crippen LogP contribution is 2.36. The molecule has 12 heteroatoms. The Bertz CT molecular complexity index is 1510. The number of ether oxygens (including phenoxy) is 2. The number of carbonyl (C=O) groups is 5. The van der Waals surface area contributed by atoms with Crippen LogP contribution in [0.2, 0.25) is 5.02 Å². The van der Waals surface area contributed by atoms with Gasteiger partial charge in [-0.05, 0) is 18.6 Å². The minimum absolute atomic E-state index is 0.170. The monoisotopic (exact) mass is 785 g/mol. The van der Waals surface area contributed by atoms with Crippen molar-refractivity contribution in [2.45, 2.75) is 142 Å². The molecule has 0 heterocycles. The first-order chi connectivity index (χ1) is 26.4. The number of ketones is 1. The summed E-state index contributed by atoms with van der Waals surface area (Å²) in [7, 11) is 2.85. The Hall–Kier alpha value is -4.12. The minimum Gasteiger partial charge on any atom is -0.495 e. The van der Waals surface area contributed by atoms with Crippen LogP contribution < -0.4 is 20.1 Å². The number of methoxy groups -OCH3 is 2. The van der Waals surface area contributed by atoms with E-state index >= 15 is 0 Å². The van der Waals surface area contributed by atoms with Gasteiger partial charge in [0.1, 0.15) is 17.5 Å². The predicted octanol–water partition coefficient (Wildman–Crippen LogP) is 10.1. The number of rotatable bonds is 29. The summed E-state index contributed by atoms with van der Waals surface area (Å²) >= 11 is 6.14. The summed E-state index contributed by atoms with van der Waals surface area (Å²) in [5.41, 5.74) is 0.697. The molecule has 0 aliphatic heterocycles. The summed E-state index contributed by atoms with van der Waals surface area (Å²) in [5.74, 6) is -3.15. The van der Waals surface area contributed by atoms with E-state index in [2.05, 4.69) is 17.6 Å². The molecule has 3 amide bonds. The Morgan fingerprint density at radius 2 is 1.27 bits per heavy atom. The molecular formula is C43H64ClN3O8. The Kier molecular flexibility index (Phi) is 22.8. The number of unbranched alkanes of at least 4 members (excludes halogenated alkanes) is 15. The Morgan fingerprint density at radius 3 is 1.78 bits per heavy atom. The van der Waals surface area contributed by atoms with Crippen molar-refractivity contribution >= 4 is 52.4 Å². The van der Waals surface area contributed by atoms with Crippen molar-refractivity contribution in [2.75, 3.05) is 31.4 Å². The van der Waals surface area contributed by atoms with Gasteiger partial charge in [-0.3, -0.25) is 19.2 Å². The van der Waals surface area contributed by atoms with Crippen LogP contribution in [0.15, 0.2) is 36.4 Å². The lowest BCUT2D eigenvalue weighted by Crippen LogP contribution is -2.48. The molecule has 0 saturated carbocycles. The maximum Gasteiger partial charge on any atom is 0.326 e. The molecule has 0 aliphatic carbocycles. The van der Waals surface area contributed by atoms with Gasteiger partial charge in [0, 0.05) is 35.8 Å². The number of halogens is 1. The Labute approximate surface area is 333 Å². The molecule has 11 nitrogen and oxygen atoms in total. The standard InChI is InChI=1S/C43H64ClN3O8/c1-6-7-8-9-10-11-12-13-14-15-16-17-18-19-20-21-25-47(42(51)31(2)3)36(43(52)53)29-40(49)45-33-24-22-23-32(26-33)37(48)30-41(50)46-35-28-38(54-4)34(44)27-39(35)55-5/h22-24,26-28,31,36H,6-21,25,29-30H2,1-5H3,(H,45,49)(H,46,50)(H,52,53). The number of carbonyl (C=O) groups excluding carboxylic acids is 4. The van der Waals surface area contributed by atoms with Gasteiger partial charge in [0.2, 0.25) is 17.7 Å². The quantitative estimate of drug-likeness (QED) is 0.0419. The smallest absolute Gasteiger partial charge is 0.326 e. The van der Waals surface area contributed by atoms with Crippen LogP contribution in [0.3, 0.4) is 0 Å². The van der Waals surface area contributed by atoms with Crippen LogP contribution in [0.1, 0.15) is 147 Å². The average molecular weight is 786 g/mol. The Morgan fingerprint density at radius 1 is 0.727 bits per heavy atom. The summed E-state index contributed by atoms with van der Waals surface area (Å²) in [5, 5.41) is 15.7. The molecule has 0 bridgehead atoms. The number of nitrogens with one attached hydrogen (secondary N) is 2. The van der Waals surface area contributed by atoms with Gasteiger partial charge in [0.15, 0.2) is 5.78 Å². The zero-order valence-corrected chi connectivity index (χ0v) is 34.4. The number of amides is 3. The van der Waals surface area contributed by atoms with E-state index in [1.54, 1.807) is 26.0 Å². The number of hydrogen-bond donors (Lipinski definition) is 3. The van der Waals surface area contributed by atoms with E-state index in [0.29, 0.717) is 12.2 Å². The maximum absolute atomic E-state index is 13.2. The van der Waals surface area contributed by atoms with E-state index in [1.807, 2.05) is 0 Å². The third-order valence-corrected chi connectivity index (χ3v) is 9.90. The summed E-state index contributed by atoms with van der Waals surface area (Å²) in [6, 6.07) is 7.67. The van der Waals surface area contributed by atoms with Gasteiger partial charge in [-0.15, -0.1) is 0 Å². The fourth-order valence-electron chi connectivity index (χ4n) is 6.47. The van der Waals surface area contributed by atoms with Gasteiger partial charge < -0.3 is 30.1 Å². The number of aliphatic carboxylic acids is 1. The normalized spacial score (nSPS) is 11.5. The second-order valence-electron chi connectivity index (χ2n) is 14.5. The molecule has 306 valence electrons. The van der Waals surface area contributed by atoms with Gasteiger partial charge in [-0.2, -0.15) is 0 Å². The fourth-order valence-corrected chi connectivity index (χ4v) is 6.70. The molecule has 2 rings (SSSR count). The number of hydrogen-bond acceptors (Lipinski definition) is 7. The molecule has 0 fully saturated rings. The van der Waals surface area contributed by atoms with Crippen molar-refractivity contribution in [3.05, 3.63) is 47.0 Å². The number of Topliss-reactive ketones (excluding diaryl/α,β-unsaturated/α-hetero) is 1. The zero-order valence-electron chi connectivity index (χ0n) is 33.7. The highest BCUT2D eigenvalue weighted by Gasteiger charge is 2.32. The van der Waals surface area contributed by atoms with Crippen LogP contribution in [0.25, 0.3) is 0 Å². The van der Waals surface area contributed by atoms with Gasteiger partial charge in [-0.1, -0.05) is 141 Å². The zero-order chi connectivity index (χ0) is 40.6. The third-order valence-electron chi connectivity index (χ3n) is 9.61. The molecule has 0 radical (unpaired) electrons. The topological polar surface area (TPSA) is 151 Å². The molecule has 2 aromatic rings. The van der Waals surface area contributed by atoms with Crippen molar-refractivity contribution < 1.29 is 38.6 Å². The van der Waals surface area contributed by atoms with E-state index in [4.69, 9.17) is 21.1 Å². The van der Waals surface area contributed by atoms with E-state index in [-0.39, 0.29) is 40.2 Å². The molecule has 0 aliphatic rings. The first-order valence-electron chi connectivity index (χ1n) is 20.1. The minimum atomic E-state index is -1.34. The third kappa shape index (κ3) is 17.9. The number of anilines is 2. The largest absolute Gasteiger partial charge is 0.495 e. The highest BCUT2D eigenvalue weighted by atomic mass is 35.5. The van der Waals surface area contributed by atoms with Crippen molar-refractivity contribution in [1.82, 2.24) is 4.90 Å². The average Bonchev–Trinajstić information content (AvgIpc) is 3.15. The van der Waals surface area contributed by atoms with Gasteiger partial charge in [-0.25, -0.2) is 4.79 Å². The van der Waals surface area contributed by atoms with Crippen LogP contribution in [0, 0.1) is 5.92 Å². The molecular weight excluding hydrogens is 722 g/mol. The van der Waals surface area contributed by atoms with Crippen LogP contribution >= 0.6 is 11.6 Å². The Balaban J connectivity index is 1.86. The molecule has 1 unspecified atom stereocenters. The van der Waals surface area contributed by atoms with Crippen molar-refractivity contribution in [1.29, 1.82) is 0 Å². The molecule has 3 N–H and O–H groups in total. The van der Waals surface area contributed by atoms with Crippen LogP contribution in [-0.4, -0.2) is 66.3 Å². The van der Waals surface area contributed by atoms with Crippen molar-refractivity contribution in [3.8, 4) is 11.5 Å². The lowest BCUT2D eigenvalue weighted by molar-refractivity contribution is -0.153. The van der Waals surface area contributed by atoms with Crippen molar-refractivity contribution in [3.63, 3.8) is 0 Å². The highest BCUT2D eigenvalue weighted by molar-refractivity contribution is 6.32. The van der Waals surface area contributed by atoms with E-state index in [9.17, 15) is 29.1 Å². The predicted molar refractivity (Wildman–Crippen MR) is 219 cm³/mol. The van der Waals surface area contributed by atoms with Crippen LogP contribution in [-0.2, 0) is 19.2 Å². The van der Waals surface area contributed by atoms with E-state index < -0.39 is 48.4 Å². The van der Waals surface area contributed by atoms with E-state index in [0.717, 1.165) is 19.3 Å². The second kappa shape index (κ2) is 26.6. The number of carboxylic acids is 1. The molecule has 55 heavy (non-hydrogen) atoms. The van der Waals surface area contributed by atoms with Gasteiger partial charge in [0.25, 0.3) is 0 Å². The summed E-state index contributed by atoms with van der Waals surface area (Å²) < 4.78 is 10.5. The van der Waals surface area contributed by atoms with Gasteiger partial charge >= 0.3 is 5.97 Å². The fraction of sp³-hybridized carbons (Fsp3) is 0.605. The lowest BCUT2D eigenvalue weighted by atomic mass is 10.0. The summed E-state index contributed by atoms with van der Waals surface area (Å²) in [4.78, 5) is 65.9. The molecule has 0 aromatic heterocycles. The molecule has 1 atom stereocenters. The lowest BCUT2D eigenvalue weighted by Gasteiger charge is -2.30. The number of benzene rings is 2. The first-order valence-corrected chi connectivity index (χ1v) is 20.5. The molecule has 2 aromatic carbocycles. The number of nitrogens with zero attached hydrogens (tertiary/aromatic N) is 1. The van der Waals surface area contributed by atoms with Crippen LogP contribution in [0.4, 0.5) is 11.4 Å². The van der Waals surface area contributed by atoms with Gasteiger partial charge in [0.05, 0.1) is 37.8 Å². The number of carboxylic acid groups (broad SMARTS) is 1. The molecule has 0 saturated heterocycles. The SMILES string of the molecule is CCCCCCCCCCCCCCCCCCN(C(=O)C(C)C)C(CC(=O)Nc1cccc(C(=O)CC(=O)Nc2cc(OC)c(Cl)cc2OC)c1)C(=O)O. The maximum atomic E-state index is 13.2. The molecule has 0 spiro atoms. The summed E-state index contributed by atoms with van der Waals surface area (Å²) in [6.45, 7) is 5.93.